The highest BCUT2D eigenvalue weighted by Gasteiger charge is 2.32. The van der Waals surface area contributed by atoms with Gasteiger partial charge in [0.15, 0.2) is 5.82 Å². The molecule has 1 aromatic rings. The molecule has 2 amide bonds. The molecule has 4 heterocycles. The third-order valence-corrected chi connectivity index (χ3v) is 6.55. The number of carbonyl (C=O) groups is 2. The number of nitrogens with zero attached hydrogens (tertiary/aromatic N) is 5. The summed E-state index contributed by atoms with van der Waals surface area (Å²) in [5, 5.41) is 0. The zero-order valence-corrected chi connectivity index (χ0v) is 17.6. The van der Waals surface area contributed by atoms with Gasteiger partial charge in [0.05, 0.1) is 23.8 Å². The Kier molecular flexibility index (Phi) is 6.43. The van der Waals surface area contributed by atoms with Crippen molar-refractivity contribution in [1.82, 2.24) is 24.7 Å². The number of rotatable bonds is 4. The summed E-state index contributed by atoms with van der Waals surface area (Å²) in [6.45, 7) is 6.85. The number of amides is 2. The van der Waals surface area contributed by atoms with Crippen LogP contribution in [-0.4, -0.2) is 75.8 Å². The van der Waals surface area contributed by atoms with Crippen molar-refractivity contribution < 1.29 is 9.59 Å². The lowest BCUT2D eigenvalue weighted by molar-refractivity contribution is -0.136. The average Bonchev–Trinajstić information content (AvgIpc) is 3.27. The number of aryl methyl sites for hydroxylation is 1. The molecule has 7 heteroatoms. The number of carbonyl (C=O) groups excluding carboxylic acids is 2. The summed E-state index contributed by atoms with van der Waals surface area (Å²) in [6, 6.07) is -0.0725. The van der Waals surface area contributed by atoms with E-state index >= 15 is 0 Å². The van der Waals surface area contributed by atoms with Gasteiger partial charge in [-0.2, -0.15) is 0 Å². The van der Waals surface area contributed by atoms with Crippen LogP contribution < -0.4 is 0 Å². The van der Waals surface area contributed by atoms with Crippen LogP contribution in [0.15, 0.2) is 6.20 Å². The molecule has 0 radical (unpaired) electrons. The van der Waals surface area contributed by atoms with Crippen LogP contribution in [0.1, 0.15) is 79.3 Å². The number of hydrogen-bond donors (Lipinski definition) is 0. The van der Waals surface area contributed by atoms with Crippen LogP contribution in [0.3, 0.4) is 0 Å². The molecule has 3 aliphatic rings. The predicted octanol–water partition coefficient (Wildman–Crippen LogP) is 2.56. The second kappa shape index (κ2) is 9.20. The monoisotopic (exact) mass is 399 g/mol. The van der Waals surface area contributed by atoms with Gasteiger partial charge in [0, 0.05) is 25.8 Å². The van der Waals surface area contributed by atoms with Crippen molar-refractivity contribution in [2.45, 2.75) is 64.3 Å². The summed E-state index contributed by atoms with van der Waals surface area (Å²) in [4.78, 5) is 41.3. The van der Waals surface area contributed by atoms with Crippen molar-refractivity contribution in [2.75, 3.05) is 39.3 Å². The molecular formula is C22H33N5O2. The zero-order valence-electron chi connectivity index (χ0n) is 17.6. The van der Waals surface area contributed by atoms with E-state index in [9.17, 15) is 9.59 Å². The topological polar surface area (TPSA) is 69.6 Å². The fourth-order valence-corrected chi connectivity index (χ4v) is 4.84. The second-order valence-electron chi connectivity index (χ2n) is 8.66. The van der Waals surface area contributed by atoms with Gasteiger partial charge in [-0.3, -0.25) is 14.5 Å². The Morgan fingerprint density at radius 2 is 1.66 bits per heavy atom. The Morgan fingerprint density at radius 3 is 2.38 bits per heavy atom. The third kappa shape index (κ3) is 4.60. The molecule has 0 unspecified atom stereocenters. The minimum atomic E-state index is -0.0725. The fraction of sp³-hybridized carbons (Fsp3) is 0.727. The van der Waals surface area contributed by atoms with Crippen molar-refractivity contribution in [3.05, 3.63) is 23.3 Å². The molecule has 0 N–H and O–H groups in total. The van der Waals surface area contributed by atoms with Gasteiger partial charge in [-0.25, -0.2) is 9.97 Å². The Bertz CT molecular complexity index is 741. The molecule has 158 valence electrons. The average molecular weight is 400 g/mol. The first-order chi connectivity index (χ1) is 14.1. The molecule has 0 saturated carbocycles. The first kappa shape index (κ1) is 20.3. The Morgan fingerprint density at radius 1 is 0.966 bits per heavy atom. The lowest BCUT2D eigenvalue weighted by Crippen LogP contribution is -2.44. The van der Waals surface area contributed by atoms with E-state index in [-0.39, 0.29) is 17.9 Å². The van der Waals surface area contributed by atoms with Crippen molar-refractivity contribution in [2.24, 2.45) is 0 Å². The smallest absolute Gasteiger partial charge is 0.257 e. The molecule has 0 aromatic carbocycles. The predicted molar refractivity (Wildman–Crippen MR) is 111 cm³/mol. The quantitative estimate of drug-likeness (QED) is 0.778. The largest absolute Gasteiger partial charge is 0.339 e. The van der Waals surface area contributed by atoms with E-state index in [4.69, 9.17) is 4.98 Å². The van der Waals surface area contributed by atoms with E-state index in [0.717, 1.165) is 70.5 Å². The zero-order chi connectivity index (χ0) is 20.2. The highest BCUT2D eigenvalue weighted by Crippen LogP contribution is 2.30. The van der Waals surface area contributed by atoms with Crippen LogP contribution in [0, 0.1) is 6.92 Å². The van der Waals surface area contributed by atoms with Gasteiger partial charge in [-0.15, -0.1) is 0 Å². The molecule has 3 fully saturated rings. The lowest BCUT2D eigenvalue weighted by atomic mass is 10.0. The van der Waals surface area contributed by atoms with E-state index in [1.165, 1.54) is 19.3 Å². The van der Waals surface area contributed by atoms with Crippen LogP contribution in [0.25, 0.3) is 0 Å². The summed E-state index contributed by atoms with van der Waals surface area (Å²) in [5.41, 5.74) is 1.32. The normalized spacial score (nSPS) is 23.4. The maximum Gasteiger partial charge on any atom is 0.257 e. The Labute approximate surface area is 173 Å². The minimum absolute atomic E-state index is 0.0411. The summed E-state index contributed by atoms with van der Waals surface area (Å²) >= 11 is 0. The maximum absolute atomic E-state index is 13.0. The molecule has 1 atom stereocenters. The summed E-state index contributed by atoms with van der Waals surface area (Å²) < 4.78 is 0. The summed E-state index contributed by atoms with van der Waals surface area (Å²) in [5.74, 6) is 0.915. The first-order valence-corrected chi connectivity index (χ1v) is 11.3. The molecule has 0 spiro atoms. The summed E-state index contributed by atoms with van der Waals surface area (Å²) in [6.07, 6.45) is 10.4. The van der Waals surface area contributed by atoms with Gasteiger partial charge in [-0.05, 0) is 71.4 Å². The van der Waals surface area contributed by atoms with Crippen LogP contribution in [0.2, 0.25) is 0 Å². The molecule has 0 bridgehead atoms. The van der Waals surface area contributed by atoms with E-state index < -0.39 is 0 Å². The van der Waals surface area contributed by atoms with Gasteiger partial charge in [0.2, 0.25) is 5.91 Å². The van der Waals surface area contributed by atoms with Gasteiger partial charge in [0.25, 0.3) is 5.91 Å². The van der Waals surface area contributed by atoms with Gasteiger partial charge in [-0.1, -0.05) is 0 Å². The molecule has 4 rings (SSSR count). The summed E-state index contributed by atoms with van der Waals surface area (Å²) in [7, 11) is 0. The van der Waals surface area contributed by atoms with Crippen molar-refractivity contribution in [3.63, 3.8) is 0 Å². The van der Waals surface area contributed by atoms with E-state index in [0.29, 0.717) is 17.9 Å². The number of hydrogen-bond acceptors (Lipinski definition) is 5. The number of aromatic nitrogens is 2. The molecule has 29 heavy (non-hydrogen) atoms. The van der Waals surface area contributed by atoms with Crippen molar-refractivity contribution in [1.29, 1.82) is 0 Å². The fourth-order valence-electron chi connectivity index (χ4n) is 4.84. The lowest BCUT2D eigenvalue weighted by Gasteiger charge is -2.36. The molecule has 1 aromatic heterocycles. The maximum atomic E-state index is 13.0. The van der Waals surface area contributed by atoms with Crippen LogP contribution in [0.5, 0.6) is 0 Å². The second-order valence-corrected chi connectivity index (χ2v) is 8.66. The van der Waals surface area contributed by atoms with Crippen LogP contribution >= 0.6 is 0 Å². The van der Waals surface area contributed by atoms with Gasteiger partial charge >= 0.3 is 0 Å². The number of likely N-dealkylation sites (tertiary alicyclic amines) is 3. The third-order valence-electron chi connectivity index (χ3n) is 6.55. The molecule has 3 aliphatic heterocycles. The Hall–Kier alpha value is -2.02. The number of piperidine rings is 2. The van der Waals surface area contributed by atoms with Gasteiger partial charge in [0.1, 0.15) is 0 Å². The van der Waals surface area contributed by atoms with Crippen LogP contribution in [-0.2, 0) is 4.79 Å². The van der Waals surface area contributed by atoms with Crippen molar-refractivity contribution >= 4 is 11.8 Å². The Balaban J connectivity index is 1.48. The molecule has 7 nitrogen and oxygen atoms in total. The van der Waals surface area contributed by atoms with Crippen molar-refractivity contribution in [3.8, 4) is 0 Å². The van der Waals surface area contributed by atoms with E-state index in [2.05, 4.69) is 9.88 Å². The van der Waals surface area contributed by atoms with Gasteiger partial charge < -0.3 is 9.80 Å². The van der Waals surface area contributed by atoms with E-state index in [1.807, 2.05) is 16.7 Å². The highest BCUT2D eigenvalue weighted by molar-refractivity contribution is 5.95. The SMILES string of the molecule is Cc1nc([C@@H]2CCCCN2C(=O)CN2CCCC2)ncc1C(=O)N1CCCCC1. The van der Waals surface area contributed by atoms with E-state index in [1.54, 1.807) is 6.20 Å². The van der Waals surface area contributed by atoms with Crippen LogP contribution in [0.4, 0.5) is 0 Å². The minimum Gasteiger partial charge on any atom is -0.339 e. The standard InChI is InChI=1S/C22H33N5O2/c1-17-18(22(29)26-12-4-2-5-13-26)15-23-21(24-17)19-9-3-6-14-27(19)20(28)16-25-10-7-8-11-25/h15,19H,2-14,16H2,1H3/t19-/m0/s1. The molecular weight excluding hydrogens is 366 g/mol. The molecule has 0 aliphatic carbocycles. The first-order valence-electron chi connectivity index (χ1n) is 11.3. The molecule has 3 saturated heterocycles. The highest BCUT2D eigenvalue weighted by atomic mass is 16.2.